The Balaban J connectivity index is 0. The second kappa shape index (κ2) is 7.54. The van der Waals surface area contributed by atoms with E-state index in [2.05, 4.69) is 4.74 Å². The average Bonchev–Trinajstić information content (AvgIpc) is 1.86. The Morgan fingerprint density at radius 1 is 1.58 bits per heavy atom. The molecule has 0 saturated heterocycles. The molecule has 0 saturated carbocycles. The van der Waals surface area contributed by atoms with E-state index in [4.69, 9.17) is 5.11 Å². The Bertz CT molecular complexity index is 158. The summed E-state index contributed by atoms with van der Waals surface area (Å²) in [6.45, 7) is 1.67. The number of aliphatic hydroxyl groups excluding tert-OH is 1. The van der Waals surface area contributed by atoms with Gasteiger partial charge in [0, 0.05) is 12.4 Å². The molecule has 0 bridgehead atoms. The Hall–Kier alpha value is -0.100. The first-order valence-corrected chi connectivity index (χ1v) is 3.12. The first-order chi connectivity index (χ1) is 5.07. The molecule has 0 aliphatic heterocycles. The summed E-state index contributed by atoms with van der Waals surface area (Å²) in [4.78, 5) is 20.4. The van der Waals surface area contributed by atoms with Crippen LogP contribution >= 0.6 is 0 Å². The Kier molecular flexibility index (Phi) is 9.07. The summed E-state index contributed by atoms with van der Waals surface area (Å²) in [7, 11) is 0. The summed E-state index contributed by atoms with van der Waals surface area (Å²) in [6.07, 6.45) is -2.33. The third-order valence-electron chi connectivity index (χ3n) is 0.919. The van der Waals surface area contributed by atoms with Gasteiger partial charge >= 0.3 is 35.5 Å². The van der Waals surface area contributed by atoms with Gasteiger partial charge in [-0.3, -0.25) is 0 Å². The number of aliphatic hydroxyl groups is 1. The van der Waals surface area contributed by atoms with Gasteiger partial charge in [-0.2, -0.15) is 0 Å². The third-order valence-corrected chi connectivity index (χ3v) is 0.919. The zero-order chi connectivity index (χ0) is 8.85. The van der Waals surface area contributed by atoms with Crippen LogP contribution in [0.5, 0.6) is 0 Å². The minimum atomic E-state index is -1.61. The molecule has 64 valence electrons. The predicted molar refractivity (Wildman–Crippen MR) is 32.3 cm³/mol. The van der Waals surface area contributed by atoms with Crippen LogP contribution in [-0.2, 0) is 14.3 Å². The number of rotatable bonds is 4. The molecule has 0 aromatic rings. The van der Waals surface area contributed by atoms with E-state index in [9.17, 15) is 14.7 Å². The molecular formula is C6H9NaO5. The SMILES string of the molecule is CCOC(=O)C(O)CC(=O)[O-].[Na+]. The Morgan fingerprint density at radius 2 is 2.08 bits per heavy atom. The maximum absolute atomic E-state index is 10.5. The van der Waals surface area contributed by atoms with Crippen molar-refractivity contribution in [2.45, 2.75) is 19.4 Å². The number of hydrogen-bond acceptors (Lipinski definition) is 5. The molecule has 0 amide bonds. The van der Waals surface area contributed by atoms with Crippen molar-refractivity contribution in [2.75, 3.05) is 6.61 Å². The summed E-state index contributed by atoms with van der Waals surface area (Å²) < 4.78 is 4.32. The number of aliphatic carboxylic acids is 1. The second-order valence-corrected chi connectivity index (χ2v) is 1.84. The number of carboxylic acids is 1. The normalized spacial score (nSPS) is 11.2. The van der Waals surface area contributed by atoms with Gasteiger partial charge in [-0.15, -0.1) is 0 Å². The van der Waals surface area contributed by atoms with Crippen molar-refractivity contribution in [3.05, 3.63) is 0 Å². The number of esters is 1. The van der Waals surface area contributed by atoms with Gasteiger partial charge in [0.1, 0.15) is 0 Å². The van der Waals surface area contributed by atoms with Crippen molar-refractivity contribution in [1.82, 2.24) is 0 Å². The second-order valence-electron chi connectivity index (χ2n) is 1.84. The standard InChI is InChI=1S/C6H10O5.Na/c1-2-11-6(10)4(7)3-5(8)9;/h4,7H,2-3H2,1H3,(H,8,9);/q;+1/p-1. The smallest absolute Gasteiger partial charge is 0.550 e. The summed E-state index contributed by atoms with van der Waals surface area (Å²) >= 11 is 0. The number of carboxylic acid groups (broad SMARTS) is 1. The van der Waals surface area contributed by atoms with E-state index in [0.29, 0.717) is 0 Å². The zero-order valence-corrected chi connectivity index (χ0v) is 9.07. The van der Waals surface area contributed by atoms with Crippen LogP contribution in [0.15, 0.2) is 0 Å². The van der Waals surface area contributed by atoms with E-state index in [1.54, 1.807) is 6.92 Å². The van der Waals surface area contributed by atoms with Crippen molar-refractivity contribution in [1.29, 1.82) is 0 Å². The number of hydrogen-bond donors (Lipinski definition) is 1. The summed E-state index contributed by atoms with van der Waals surface area (Å²) in [5, 5.41) is 18.6. The number of ether oxygens (including phenoxy) is 1. The molecule has 1 N–H and O–H groups in total. The molecule has 0 rings (SSSR count). The van der Waals surface area contributed by atoms with Crippen LogP contribution in [0.2, 0.25) is 0 Å². The first kappa shape index (κ1) is 14.4. The van der Waals surface area contributed by atoms with E-state index in [1.807, 2.05) is 0 Å². The van der Waals surface area contributed by atoms with Gasteiger partial charge in [0.25, 0.3) is 0 Å². The van der Waals surface area contributed by atoms with Crippen LogP contribution in [-0.4, -0.2) is 29.8 Å². The van der Waals surface area contributed by atoms with E-state index < -0.39 is 24.5 Å². The van der Waals surface area contributed by atoms with Crippen LogP contribution < -0.4 is 34.7 Å². The maximum atomic E-state index is 10.5. The summed E-state index contributed by atoms with van der Waals surface area (Å²) in [5.41, 5.74) is 0. The minimum absolute atomic E-state index is 0. The van der Waals surface area contributed by atoms with Gasteiger partial charge in [0.2, 0.25) is 0 Å². The molecule has 12 heavy (non-hydrogen) atoms. The molecule has 0 fully saturated rings. The molecule has 6 heteroatoms. The summed E-state index contributed by atoms with van der Waals surface area (Å²) in [6, 6.07) is 0. The fourth-order valence-corrected chi connectivity index (χ4v) is 0.480. The van der Waals surface area contributed by atoms with Crippen molar-refractivity contribution < 1.29 is 54.1 Å². The van der Waals surface area contributed by atoms with Gasteiger partial charge < -0.3 is 19.7 Å². The van der Waals surface area contributed by atoms with Crippen molar-refractivity contribution in [3.63, 3.8) is 0 Å². The van der Waals surface area contributed by atoms with Crippen molar-refractivity contribution >= 4 is 11.9 Å². The van der Waals surface area contributed by atoms with Crippen LogP contribution in [0.3, 0.4) is 0 Å². The molecule has 0 heterocycles. The van der Waals surface area contributed by atoms with Crippen LogP contribution in [0.25, 0.3) is 0 Å². The largest absolute Gasteiger partial charge is 1.00 e. The first-order valence-electron chi connectivity index (χ1n) is 3.12. The Labute approximate surface area is 92.0 Å². The molecule has 0 aromatic heterocycles. The van der Waals surface area contributed by atoms with Crippen LogP contribution in [0.4, 0.5) is 0 Å². The average molecular weight is 184 g/mol. The predicted octanol–water partition coefficient (Wildman–Crippen LogP) is -4.95. The topological polar surface area (TPSA) is 86.7 Å². The van der Waals surface area contributed by atoms with E-state index in [0.717, 1.165) is 0 Å². The van der Waals surface area contributed by atoms with E-state index >= 15 is 0 Å². The molecule has 0 aromatic carbocycles. The van der Waals surface area contributed by atoms with Crippen LogP contribution in [0.1, 0.15) is 13.3 Å². The van der Waals surface area contributed by atoms with Gasteiger partial charge in [-0.25, -0.2) is 4.79 Å². The molecule has 1 atom stereocenters. The monoisotopic (exact) mass is 184 g/mol. The molecule has 0 spiro atoms. The van der Waals surface area contributed by atoms with Crippen molar-refractivity contribution in [2.24, 2.45) is 0 Å². The van der Waals surface area contributed by atoms with Gasteiger partial charge in [0.15, 0.2) is 6.10 Å². The van der Waals surface area contributed by atoms with Crippen LogP contribution in [0, 0.1) is 0 Å². The molecule has 0 radical (unpaired) electrons. The fraction of sp³-hybridized carbons (Fsp3) is 0.667. The molecule has 0 aliphatic carbocycles. The molecule has 0 aliphatic rings. The van der Waals surface area contributed by atoms with E-state index in [1.165, 1.54) is 0 Å². The maximum Gasteiger partial charge on any atom is 1.00 e. The molecule has 1 unspecified atom stereocenters. The van der Waals surface area contributed by atoms with Gasteiger partial charge in [-0.05, 0) is 6.92 Å². The fourth-order valence-electron chi connectivity index (χ4n) is 0.480. The number of carbonyl (C=O) groups excluding carboxylic acids is 2. The molecule has 5 nitrogen and oxygen atoms in total. The molecular weight excluding hydrogens is 175 g/mol. The van der Waals surface area contributed by atoms with Crippen molar-refractivity contribution in [3.8, 4) is 0 Å². The quantitative estimate of drug-likeness (QED) is 0.349. The van der Waals surface area contributed by atoms with Gasteiger partial charge in [-0.1, -0.05) is 0 Å². The Morgan fingerprint density at radius 3 is 2.42 bits per heavy atom. The number of carbonyl (C=O) groups is 2. The minimum Gasteiger partial charge on any atom is -0.550 e. The summed E-state index contributed by atoms with van der Waals surface area (Å²) in [5.74, 6) is -2.41. The van der Waals surface area contributed by atoms with E-state index in [-0.39, 0.29) is 36.2 Å². The van der Waals surface area contributed by atoms with Gasteiger partial charge in [0.05, 0.1) is 6.61 Å². The third kappa shape index (κ3) is 6.60. The zero-order valence-electron chi connectivity index (χ0n) is 7.07.